The highest BCUT2D eigenvalue weighted by molar-refractivity contribution is 7.17. The fourth-order valence-corrected chi connectivity index (χ4v) is 4.37. The molecule has 4 aromatic rings. The van der Waals surface area contributed by atoms with E-state index in [2.05, 4.69) is 35.3 Å². The summed E-state index contributed by atoms with van der Waals surface area (Å²) in [5.74, 6) is 0.470. The van der Waals surface area contributed by atoms with E-state index in [1.165, 1.54) is 23.5 Å². The molecule has 0 bridgehead atoms. The van der Waals surface area contributed by atoms with E-state index in [0.29, 0.717) is 44.3 Å². The van der Waals surface area contributed by atoms with Gasteiger partial charge in [-0.1, -0.05) is 22.9 Å². The minimum absolute atomic E-state index is 0.0286. The maximum atomic E-state index is 13.5. The Labute approximate surface area is 217 Å². The van der Waals surface area contributed by atoms with E-state index in [1.54, 1.807) is 31.5 Å². The predicted octanol–water partition coefficient (Wildman–Crippen LogP) is 4.79. The zero-order chi connectivity index (χ0) is 25.8. The van der Waals surface area contributed by atoms with Gasteiger partial charge in [-0.25, -0.2) is 14.4 Å². The van der Waals surface area contributed by atoms with E-state index in [4.69, 9.17) is 22.1 Å². The maximum absolute atomic E-state index is 13.5. The lowest BCUT2D eigenvalue weighted by molar-refractivity contribution is 0.413. The number of rotatable bonds is 9. The standard InChI is InChI=1S/C24H26ClFN8OS/c1-33(2)9-10-34(3)20-13-21(35-4)19(12-17(20)27)30-24-28-8-7-18(29-24)23-32-31-22(36-23)14-5-6-16(26)15(25)11-14/h5-8,11-13H,9-10,27H2,1-4H3,(H,28,29,30). The topological polar surface area (TPSA) is 105 Å². The van der Waals surface area contributed by atoms with Gasteiger partial charge < -0.3 is 25.6 Å². The van der Waals surface area contributed by atoms with Gasteiger partial charge in [0.25, 0.3) is 0 Å². The lowest BCUT2D eigenvalue weighted by Crippen LogP contribution is -2.29. The van der Waals surface area contributed by atoms with Crippen molar-refractivity contribution in [2.75, 3.05) is 57.3 Å². The first-order valence-electron chi connectivity index (χ1n) is 11.0. The summed E-state index contributed by atoms with van der Waals surface area (Å²) in [4.78, 5) is 13.1. The number of nitrogens with one attached hydrogen (secondary N) is 1. The molecule has 2 aromatic heterocycles. The number of benzene rings is 2. The molecule has 36 heavy (non-hydrogen) atoms. The quantitative estimate of drug-likeness (QED) is 0.297. The summed E-state index contributed by atoms with van der Waals surface area (Å²) in [6.45, 7) is 1.70. The Morgan fingerprint density at radius 3 is 2.58 bits per heavy atom. The van der Waals surface area contributed by atoms with Crippen molar-refractivity contribution in [1.82, 2.24) is 25.1 Å². The molecule has 0 saturated carbocycles. The maximum Gasteiger partial charge on any atom is 0.227 e. The van der Waals surface area contributed by atoms with Gasteiger partial charge in [0.2, 0.25) is 5.95 Å². The van der Waals surface area contributed by atoms with Crippen molar-refractivity contribution in [2.45, 2.75) is 0 Å². The number of hydrogen-bond acceptors (Lipinski definition) is 10. The second kappa shape index (κ2) is 11.0. The molecule has 0 aliphatic heterocycles. The highest BCUT2D eigenvalue weighted by Gasteiger charge is 2.15. The van der Waals surface area contributed by atoms with Crippen LogP contribution in [0, 0.1) is 5.82 Å². The van der Waals surface area contributed by atoms with Crippen molar-refractivity contribution in [3.05, 3.63) is 53.4 Å². The molecule has 2 heterocycles. The van der Waals surface area contributed by atoms with Crippen LogP contribution in [0.4, 0.5) is 27.4 Å². The molecule has 0 saturated heterocycles. The Morgan fingerprint density at radius 1 is 1.08 bits per heavy atom. The minimum Gasteiger partial charge on any atom is -0.494 e. The third-order valence-electron chi connectivity index (χ3n) is 5.36. The highest BCUT2D eigenvalue weighted by atomic mass is 35.5. The van der Waals surface area contributed by atoms with E-state index in [-0.39, 0.29) is 5.02 Å². The lowest BCUT2D eigenvalue weighted by atomic mass is 10.2. The number of hydrogen-bond donors (Lipinski definition) is 2. The molecule has 188 valence electrons. The molecule has 0 spiro atoms. The molecule has 4 rings (SSSR count). The largest absolute Gasteiger partial charge is 0.494 e. The molecule has 0 amide bonds. The van der Waals surface area contributed by atoms with Crippen molar-refractivity contribution in [3.63, 3.8) is 0 Å². The third kappa shape index (κ3) is 5.81. The van der Waals surface area contributed by atoms with Gasteiger partial charge in [0.15, 0.2) is 5.01 Å². The van der Waals surface area contributed by atoms with Crippen LogP contribution in [0.2, 0.25) is 5.02 Å². The molecule has 12 heteroatoms. The number of nitrogens with zero attached hydrogens (tertiary/aromatic N) is 6. The molecule has 0 aliphatic carbocycles. The molecule has 0 radical (unpaired) electrons. The number of nitrogens with two attached hydrogens (primary N) is 1. The van der Waals surface area contributed by atoms with E-state index in [9.17, 15) is 4.39 Å². The summed E-state index contributed by atoms with van der Waals surface area (Å²) in [6, 6.07) is 9.86. The van der Waals surface area contributed by atoms with Gasteiger partial charge in [-0.15, -0.1) is 10.2 Å². The van der Waals surface area contributed by atoms with Crippen molar-refractivity contribution >= 4 is 45.9 Å². The van der Waals surface area contributed by atoms with E-state index in [1.807, 2.05) is 27.2 Å². The van der Waals surface area contributed by atoms with Crippen LogP contribution in [0.15, 0.2) is 42.6 Å². The number of aromatic nitrogens is 4. The van der Waals surface area contributed by atoms with E-state index < -0.39 is 5.82 Å². The van der Waals surface area contributed by atoms with Crippen LogP contribution in [0.5, 0.6) is 5.75 Å². The monoisotopic (exact) mass is 528 g/mol. The summed E-state index contributed by atoms with van der Waals surface area (Å²) < 4.78 is 19.1. The first kappa shape index (κ1) is 25.5. The van der Waals surface area contributed by atoms with Crippen molar-refractivity contribution in [3.8, 4) is 27.0 Å². The fourth-order valence-electron chi connectivity index (χ4n) is 3.38. The van der Waals surface area contributed by atoms with Gasteiger partial charge in [-0.3, -0.25) is 0 Å². The summed E-state index contributed by atoms with van der Waals surface area (Å²) in [5, 5.41) is 12.8. The zero-order valence-corrected chi connectivity index (χ0v) is 21.9. The number of ether oxygens (including phenoxy) is 1. The molecular formula is C24H26ClFN8OS. The first-order chi connectivity index (χ1) is 17.2. The Balaban J connectivity index is 1.56. The molecule has 3 N–H and O–H groups in total. The summed E-state index contributed by atoms with van der Waals surface area (Å²) in [5.41, 5.74) is 9.72. The van der Waals surface area contributed by atoms with Gasteiger partial charge in [-0.05, 0) is 44.4 Å². The molecule has 9 nitrogen and oxygen atoms in total. The van der Waals surface area contributed by atoms with E-state index >= 15 is 0 Å². The smallest absolute Gasteiger partial charge is 0.227 e. The van der Waals surface area contributed by atoms with Gasteiger partial charge in [-0.2, -0.15) is 0 Å². The fraction of sp³-hybridized carbons (Fsp3) is 0.250. The molecular weight excluding hydrogens is 503 g/mol. The summed E-state index contributed by atoms with van der Waals surface area (Å²) in [6.07, 6.45) is 1.62. The van der Waals surface area contributed by atoms with Gasteiger partial charge in [0, 0.05) is 38.0 Å². The Hall–Kier alpha value is -3.54. The van der Waals surface area contributed by atoms with Gasteiger partial charge >= 0.3 is 0 Å². The number of methoxy groups -OCH3 is 1. The molecule has 0 aliphatic rings. The second-order valence-electron chi connectivity index (χ2n) is 8.27. The van der Waals surface area contributed by atoms with Crippen LogP contribution < -0.4 is 20.7 Å². The third-order valence-corrected chi connectivity index (χ3v) is 6.64. The van der Waals surface area contributed by atoms with Crippen molar-refractivity contribution in [1.29, 1.82) is 0 Å². The Bertz CT molecular complexity index is 1370. The number of anilines is 4. The average molecular weight is 529 g/mol. The summed E-state index contributed by atoms with van der Waals surface area (Å²) in [7, 11) is 7.65. The van der Waals surface area contributed by atoms with Crippen LogP contribution in [0.1, 0.15) is 0 Å². The van der Waals surface area contributed by atoms with Crippen LogP contribution >= 0.6 is 22.9 Å². The molecule has 0 fully saturated rings. The van der Waals surface area contributed by atoms with Crippen molar-refractivity contribution in [2.24, 2.45) is 0 Å². The number of nitrogen functional groups attached to an aromatic ring is 1. The number of likely N-dealkylation sites (N-methyl/N-ethyl adjacent to an activating group) is 2. The molecule has 0 unspecified atom stereocenters. The van der Waals surface area contributed by atoms with Gasteiger partial charge in [0.1, 0.15) is 22.3 Å². The minimum atomic E-state index is -0.485. The lowest BCUT2D eigenvalue weighted by Gasteiger charge is -2.24. The normalized spacial score (nSPS) is 11.1. The summed E-state index contributed by atoms with van der Waals surface area (Å²) >= 11 is 7.22. The van der Waals surface area contributed by atoms with Crippen LogP contribution in [0.25, 0.3) is 21.3 Å². The highest BCUT2D eigenvalue weighted by Crippen LogP contribution is 2.36. The van der Waals surface area contributed by atoms with Crippen molar-refractivity contribution < 1.29 is 9.13 Å². The Kier molecular flexibility index (Phi) is 7.82. The Morgan fingerprint density at radius 2 is 1.86 bits per heavy atom. The zero-order valence-electron chi connectivity index (χ0n) is 20.3. The second-order valence-corrected chi connectivity index (χ2v) is 9.65. The first-order valence-corrected chi connectivity index (χ1v) is 12.2. The van der Waals surface area contributed by atoms with E-state index in [0.717, 1.165) is 18.8 Å². The SMILES string of the molecule is COc1cc(N(C)CCN(C)C)c(N)cc1Nc1nccc(-c2nnc(-c3ccc(F)c(Cl)c3)s2)n1. The molecule has 0 atom stereocenters. The average Bonchev–Trinajstić information content (AvgIpc) is 3.35. The number of halogens is 2. The molecule has 2 aromatic carbocycles. The van der Waals surface area contributed by atoms with Crippen LogP contribution in [-0.2, 0) is 0 Å². The van der Waals surface area contributed by atoms with Gasteiger partial charge in [0.05, 0.1) is 29.2 Å². The van der Waals surface area contributed by atoms with Crippen LogP contribution in [0.3, 0.4) is 0 Å². The van der Waals surface area contributed by atoms with Crippen LogP contribution in [-0.4, -0.2) is 66.4 Å². The predicted molar refractivity (Wildman–Crippen MR) is 144 cm³/mol.